The molecule has 0 amide bonds. The fourth-order valence-electron chi connectivity index (χ4n) is 3.59. The van der Waals surface area contributed by atoms with Gasteiger partial charge in [0.1, 0.15) is 0 Å². The van der Waals surface area contributed by atoms with E-state index in [9.17, 15) is 0 Å². The van der Waals surface area contributed by atoms with Crippen LogP contribution in [0, 0.1) is 5.92 Å². The highest BCUT2D eigenvalue weighted by Crippen LogP contribution is 2.48. The van der Waals surface area contributed by atoms with Crippen molar-refractivity contribution in [3.63, 3.8) is 0 Å². The summed E-state index contributed by atoms with van der Waals surface area (Å²) in [5, 5.41) is 3.71. The van der Waals surface area contributed by atoms with Crippen LogP contribution in [0.4, 0.5) is 0 Å². The van der Waals surface area contributed by atoms with Crippen LogP contribution in [0.25, 0.3) is 0 Å². The van der Waals surface area contributed by atoms with E-state index in [0.29, 0.717) is 12.0 Å². The molecule has 1 N–H and O–H groups in total. The van der Waals surface area contributed by atoms with E-state index in [4.69, 9.17) is 4.74 Å². The molecule has 1 spiro atoms. The molecule has 2 aliphatic rings. The van der Waals surface area contributed by atoms with Gasteiger partial charge in [-0.2, -0.15) is 0 Å². The second-order valence-electron chi connectivity index (χ2n) is 5.95. The minimum Gasteiger partial charge on any atom is -0.375 e. The lowest BCUT2D eigenvalue weighted by atomic mass is 9.70. The van der Waals surface area contributed by atoms with Crippen LogP contribution >= 0.6 is 43.2 Å². The van der Waals surface area contributed by atoms with E-state index in [0.717, 1.165) is 13.2 Å². The molecule has 2 nitrogen and oxygen atoms in total. The first kappa shape index (κ1) is 15.5. The van der Waals surface area contributed by atoms with Crippen LogP contribution in [0.3, 0.4) is 0 Å². The highest BCUT2D eigenvalue weighted by Gasteiger charge is 2.44. The standard InChI is InChI=1S/C15H21Br2NOS/c1-2-18-13(11-8-12(16)20-14(11)17)10-4-7-19-15(9-10)5-3-6-15/h8,10,13,18H,2-7,9H2,1H3. The molecule has 0 radical (unpaired) electrons. The number of halogens is 2. The van der Waals surface area contributed by atoms with Crippen LogP contribution < -0.4 is 5.32 Å². The van der Waals surface area contributed by atoms with Crippen molar-refractivity contribution in [3.05, 3.63) is 19.2 Å². The molecule has 1 saturated heterocycles. The monoisotopic (exact) mass is 421 g/mol. The first-order valence-corrected chi connectivity index (χ1v) is 9.86. The Balaban J connectivity index is 1.81. The molecule has 2 unspecified atom stereocenters. The SMILES string of the molecule is CCNC(c1cc(Br)sc1Br)C1CCOC2(CCC2)C1. The Hall–Kier alpha value is 0.580. The smallest absolute Gasteiger partial charge is 0.0758 e. The molecule has 0 aromatic carbocycles. The summed E-state index contributed by atoms with van der Waals surface area (Å²) in [6.45, 7) is 4.13. The quantitative estimate of drug-likeness (QED) is 0.713. The number of nitrogens with one attached hydrogen (secondary N) is 1. The van der Waals surface area contributed by atoms with Crippen LogP contribution in [0.2, 0.25) is 0 Å². The van der Waals surface area contributed by atoms with Crippen molar-refractivity contribution in [2.75, 3.05) is 13.2 Å². The predicted octanol–water partition coefficient (Wildman–Crippen LogP) is 5.27. The second kappa shape index (κ2) is 6.37. The van der Waals surface area contributed by atoms with Crippen molar-refractivity contribution < 1.29 is 4.74 Å². The zero-order chi connectivity index (χ0) is 14.2. The largest absolute Gasteiger partial charge is 0.375 e. The van der Waals surface area contributed by atoms with Crippen molar-refractivity contribution >= 4 is 43.2 Å². The molecule has 3 rings (SSSR count). The number of ether oxygens (including phenoxy) is 1. The topological polar surface area (TPSA) is 21.3 Å². The summed E-state index contributed by atoms with van der Waals surface area (Å²) in [7, 11) is 0. The zero-order valence-corrected chi connectivity index (χ0v) is 15.7. The molecule has 20 heavy (non-hydrogen) atoms. The first-order valence-electron chi connectivity index (χ1n) is 7.45. The number of thiophene rings is 1. The summed E-state index contributed by atoms with van der Waals surface area (Å²) in [5.74, 6) is 0.682. The molecule has 2 atom stereocenters. The highest BCUT2D eigenvalue weighted by atomic mass is 79.9. The summed E-state index contributed by atoms with van der Waals surface area (Å²) in [5.41, 5.74) is 1.63. The Morgan fingerprint density at radius 1 is 1.50 bits per heavy atom. The van der Waals surface area contributed by atoms with E-state index >= 15 is 0 Å². The van der Waals surface area contributed by atoms with Crippen LogP contribution in [0.15, 0.2) is 13.6 Å². The maximum absolute atomic E-state index is 6.09. The van der Waals surface area contributed by atoms with Crippen molar-refractivity contribution in [2.24, 2.45) is 5.92 Å². The van der Waals surface area contributed by atoms with Gasteiger partial charge in [-0.1, -0.05) is 6.92 Å². The van der Waals surface area contributed by atoms with Gasteiger partial charge in [-0.15, -0.1) is 11.3 Å². The minimum atomic E-state index is 0.219. The fourth-order valence-corrected chi connectivity index (χ4v) is 6.51. The van der Waals surface area contributed by atoms with E-state index in [1.54, 1.807) is 11.3 Å². The summed E-state index contributed by atoms with van der Waals surface area (Å²) in [4.78, 5) is 0. The van der Waals surface area contributed by atoms with Crippen molar-refractivity contribution in [1.82, 2.24) is 5.32 Å². The van der Waals surface area contributed by atoms with Gasteiger partial charge >= 0.3 is 0 Å². The van der Waals surface area contributed by atoms with E-state index in [1.807, 2.05) is 0 Å². The normalized spacial score (nSPS) is 26.4. The number of rotatable bonds is 4. The molecule has 1 aliphatic heterocycles. The van der Waals surface area contributed by atoms with E-state index in [2.05, 4.69) is 50.2 Å². The van der Waals surface area contributed by atoms with Gasteiger partial charge < -0.3 is 10.1 Å². The Bertz CT molecular complexity index is 472. The van der Waals surface area contributed by atoms with E-state index in [-0.39, 0.29) is 5.60 Å². The van der Waals surface area contributed by atoms with Crippen molar-refractivity contribution in [3.8, 4) is 0 Å². The van der Waals surface area contributed by atoms with Gasteiger partial charge in [-0.25, -0.2) is 0 Å². The van der Waals surface area contributed by atoms with Crippen LogP contribution in [0.1, 0.15) is 50.6 Å². The van der Waals surface area contributed by atoms with Gasteiger partial charge in [0.2, 0.25) is 0 Å². The Labute approximate surface area is 141 Å². The average Bonchev–Trinajstić information content (AvgIpc) is 2.73. The van der Waals surface area contributed by atoms with E-state index < -0.39 is 0 Å². The van der Waals surface area contributed by atoms with Gasteiger partial charge in [0.25, 0.3) is 0 Å². The average molecular weight is 423 g/mol. The third-order valence-electron chi connectivity index (χ3n) is 4.71. The van der Waals surface area contributed by atoms with Gasteiger partial charge in [0.15, 0.2) is 0 Å². The molecular weight excluding hydrogens is 402 g/mol. The van der Waals surface area contributed by atoms with Gasteiger partial charge in [0, 0.05) is 12.6 Å². The first-order chi connectivity index (χ1) is 9.63. The van der Waals surface area contributed by atoms with Gasteiger partial charge in [0.05, 0.1) is 13.2 Å². The van der Waals surface area contributed by atoms with Gasteiger partial charge in [-0.3, -0.25) is 0 Å². The van der Waals surface area contributed by atoms with Crippen molar-refractivity contribution in [1.29, 1.82) is 0 Å². The molecule has 1 aliphatic carbocycles. The molecule has 1 aromatic rings. The lowest BCUT2D eigenvalue weighted by Crippen LogP contribution is -2.48. The third kappa shape index (κ3) is 3.02. The molecule has 2 heterocycles. The molecule has 1 saturated carbocycles. The molecule has 0 bridgehead atoms. The van der Waals surface area contributed by atoms with Crippen molar-refractivity contribution in [2.45, 2.75) is 50.7 Å². The Morgan fingerprint density at radius 2 is 2.30 bits per heavy atom. The molecular formula is C15H21Br2NOS. The van der Waals surface area contributed by atoms with Gasteiger partial charge in [-0.05, 0) is 88.1 Å². The summed E-state index contributed by atoms with van der Waals surface area (Å²) >= 11 is 9.11. The number of hydrogen-bond acceptors (Lipinski definition) is 3. The summed E-state index contributed by atoms with van der Waals surface area (Å²) < 4.78 is 8.54. The minimum absolute atomic E-state index is 0.219. The van der Waals surface area contributed by atoms with Crippen LogP contribution in [-0.2, 0) is 4.74 Å². The maximum Gasteiger partial charge on any atom is 0.0758 e. The zero-order valence-electron chi connectivity index (χ0n) is 11.8. The van der Waals surface area contributed by atoms with Crippen LogP contribution in [0.5, 0.6) is 0 Å². The maximum atomic E-state index is 6.09. The Morgan fingerprint density at radius 3 is 2.85 bits per heavy atom. The van der Waals surface area contributed by atoms with E-state index in [1.165, 1.54) is 45.2 Å². The lowest BCUT2D eigenvalue weighted by molar-refractivity contribution is -0.147. The molecule has 112 valence electrons. The molecule has 2 fully saturated rings. The molecule has 1 aromatic heterocycles. The lowest BCUT2D eigenvalue weighted by Gasteiger charge is -2.49. The third-order valence-corrected chi connectivity index (χ3v) is 7.10. The summed E-state index contributed by atoms with van der Waals surface area (Å²) in [6, 6.07) is 2.71. The highest BCUT2D eigenvalue weighted by molar-refractivity contribution is 9.12. The Kier molecular flexibility index (Phi) is 4.93. The van der Waals surface area contributed by atoms with Crippen LogP contribution in [-0.4, -0.2) is 18.8 Å². The second-order valence-corrected chi connectivity index (χ2v) is 9.70. The predicted molar refractivity (Wildman–Crippen MR) is 91.4 cm³/mol. The fraction of sp³-hybridized carbons (Fsp3) is 0.733. The molecule has 5 heteroatoms. The number of hydrogen-bond donors (Lipinski definition) is 1. The summed E-state index contributed by atoms with van der Waals surface area (Å²) in [6.07, 6.45) is 6.24.